The number of carboxylic acid groups (broad SMARTS) is 1. The quantitative estimate of drug-likeness (QED) is 0.773. The summed E-state index contributed by atoms with van der Waals surface area (Å²) in [5.74, 6) is -2.24. The van der Waals surface area contributed by atoms with Crippen molar-refractivity contribution in [2.24, 2.45) is 0 Å². The molecule has 1 amide bonds. The second-order valence-electron chi connectivity index (χ2n) is 3.89. The van der Waals surface area contributed by atoms with Crippen molar-refractivity contribution >= 4 is 11.9 Å². The molecule has 0 aliphatic carbocycles. The number of rotatable bonds is 7. The Balaban J connectivity index is 2.66. The van der Waals surface area contributed by atoms with E-state index in [0.717, 1.165) is 0 Å². The minimum atomic E-state index is -1.21. The number of halogens is 1. The van der Waals surface area contributed by atoms with Crippen molar-refractivity contribution in [2.75, 3.05) is 13.2 Å². The van der Waals surface area contributed by atoms with Crippen LogP contribution in [-0.2, 0) is 20.7 Å². The Bertz CT molecular complexity index is 450. The maximum Gasteiger partial charge on any atom is 0.326 e. The van der Waals surface area contributed by atoms with Crippen molar-refractivity contribution in [1.82, 2.24) is 5.32 Å². The number of carboxylic acids is 1. The first-order valence-electron chi connectivity index (χ1n) is 5.88. The van der Waals surface area contributed by atoms with E-state index in [2.05, 4.69) is 5.32 Å². The van der Waals surface area contributed by atoms with Crippen LogP contribution in [0.4, 0.5) is 4.39 Å². The predicted molar refractivity (Wildman–Crippen MR) is 66.2 cm³/mol. The van der Waals surface area contributed by atoms with Crippen molar-refractivity contribution in [2.45, 2.75) is 19.4 Å². The molecule has 0 saturated carbocycles. The monoisotopic (exact) mass is 269 g/mol. The summed E-state index contributed by atoms with van der Waals surface area (Å²) in [6.45, 7) is 1.87. The van der Waals surface area contributed by atoms with Crippen LogP contribution in [0, 0.1) is 5.82 Å². The average molecular weight is 269 g/mol. The Hall–Kier alpha value is -1.95. The van der Waals surface area contributed by atoms with Crippen LogP contribution in [0.15, 0.2) is 24.3 Å². The third kappa shape index (κ3) is 5.05. The smallest absolute Gasteiger partial charge is 0.326 e. The number of hydrogen-bond acceptors (Lipinski definition) is 3. The second kappa shape index (κ2) is 7.48. The molecule has 0 aliphatic rings. The van der Waals surface area contributed by atoms with Gasteiger partial charge in [-0.2, -0.15) is 0 Å². The van der Waals surface area contributed by atoms with Crippen LogP contribution in [0.2, 0.25) is 0 Å². The van der Waals surface area contributed by atoms with Crippen LogP contribution in [0.25, 0.3) is 0 Å². The molecular weight excluding hydrogens is 253 g/mol. The van der Waals surface area contributed by atoms with Gasteiger partial charge in [-0.05, 0) is 18.6 Å². The fourth-order valence-corrected chi connectivity index (χ4v) is 1.51. The molecule has 5 nitrogen and oxygen atoms in total. The summed E-state index contributed by atoms with van der Waals surface area (Å²) >= 11 is 0. The standard InChI is InChI=1S/C13H16FNO4/c1-2-19-8-12(16)15-11(13(17)18)7-9-5-3-4-6-10(9)14/h3-6,11H,2,7-8H2,1H3,(H,15,16)(H,17,18)/t11-/m1/s1. The van der Waals surface area contributed by atoms with E-state index in [1.54, 1.807) is 13.0 Å². The normalized spacial score (nSPS) is 11.9. The van der Waals surface area contributed by atoms with Gasteiger partial charge in [-0.15, -0.1) is 0 Å². The highest BCUT2D eigenvalue weighted by molar-refractivity contribution is 5.84. The van der Waals surface area contributed by atoms with E-state index in [9.17, 15) is 14.0 Å². The molecule has 0 unspecified atom stereocenters. The number of nitrogens with one attached hydrogen (secondary N) is 1. The van der Waals surface area contributed by atoms with E-state index >= 15 is 0 Å². The molecule has 1 aromatic rings. The first kappa shape index (κ1) is 15.1. The van der Waals surface area contributed by atoms with Crippen molar-refractivity contribution in [3.05, 3.63) is 35.6 Å². The zero-order valence-electron chi connectivity index (χ0n) is 10.6. The van der Waals surface area contributed by atoms with E-state index in [1.165, 1.54) is 18.2 Å². The molecular formula is C13H16FNO4. The average Bonchev–Trinajstić information content (AvgIpc) is 2.38. The molecule has 0 radical (unpaired) electrons. The van der Waals surface area contributed by atoms with Crippen molar-refractivity contribution in [3.63, 3.8) is 0 Å². The molecule has 0 aromatic heterocycles. The van der Waals surface area contributed by atoms with Crippen LogP contribution in [0.3, 0.4) is 0 Å². The number of carbonyl (C=O) groups excluding carboxylic acids is 1. The summed E-state index contributed by atoms with van der Waals surface area (Å²) in [5, 5.41) is 11.3. The molecule has 0 heterocycles. The Morgan fingerprint density at radius 2 is 2.11 bits per heavy atom. The lowest BCUT2D eigenvalue weighted by Crippen LogP contribution is -2.44. The summed E-state index contributed by atoms with van der Waals surface area (Å²) < 4.78 is 18.3. The molecule has 0 spiro atoms. The topological polar surface area (TPSA) is 75.6 Å². The highest BCUT2D eigenvalue weighted by atomic mass is 19.1. The summed E-state index contributed by atoms with van der Waals surface area (Å²) in [6, 6.07) is 4.68. The van der Waals surface area contributed by atoms with E-state index in [0.29, 0.717) is 6.61 Å². The highest BCUT2D eigenvalue weighted by Gasteiger charge is 2.21. The molecule has 0 aliphatic heterocycles. The molecule has 0 fully saturated rings. The highest BCUT2D eigenvalue weighted by Crippen LogP contribution is 2.09. The minimum Gasteiger partial charge on any atom is -0.480 e. The van der Waals surface area contributed by atoms with Crippen LogP contribution in [-0.4, -0.2) is 36.2 Å². The Labute approximate surface area is 110 Å². The maximum atomic E-state index is 13.4. The number of amides is 1. The first-order valence-corrected chi connectivity index (χ1v) is 5.88. The van der Waals surface area contributed by atoms with Crippen molar-refractivity contribution < 1.29 is 23.8 Å². The van der Waals surface area contributed by atoms with Crippen LogP contribution >= 0.6 is 0 Å². The van der Waals surface area contributed by atoms with Gasteiger partial charge in [0, 0.05) is 13.0 Å². The van der Waals surface area contributed by atoms with Gasteiger partial charge in [0.25, 0.3) is 0 Å². The van der Waals surface area contributed by atoms with E-state index in [4.69, 9.17) is 9.84 Å². The predicted octanol–water partition coefficient (Wildman–Crippen LogP) is 0.974. The molecule has 19 heavy (non-hydrogen) atoms. The summed E-state index contributed by atoms with van der Waals surface area (Å²) in [6.07, 6.45) is -0.111. The number of aliphatic carboxylic acids is 1. The summed E-state index contributed by atoms with van der Waals surface area (Å²) in [7, 11) is 0. The molecule has 1 rings (SSSR count). The molecule has 1 atom stereocenters. The minimum absolute atomic E-state index is 0.111. The lowest BCUT2D eigenvalue weighted by atomic mass is 10.1. The lowest BCUT2D eigenvalue weighted by Gasteiger charge is -2.15. The van der Waals surface area contributed by atoms with Gasteiger partial charge in [0.15, 0.2) is 0 Å². The molecule has 2 N–H and O–H groups in total. The molecule has 0 saturated heterocycles. The van der Waals surface area contributed by atoms with Crippen molar-refractivity contribution in [1.29, 1.82) is 0 Å². The molecule has 0 bridgehead atoms. The fraction of sp³-hybridized carbons (Fsp3) is 0.385. The van der Waals surface area contributed by atoms with E-state index in [-0.39, 0.29) is 18.6 Å². The fourth-order valence-electron chi connectivity index (χ4n) is 1.51. The Morgan fingerprint density at radius 3 is 2.68 bits per heavy atom. The third-order valence-electron chi connectivity index (χ3n) is 2.45. The number of ether oxygens (including phenoxy) is 1. The van der Waals surface area contributed by atoms with Crippen molar-refractivity contribution in [3.8, 4) is 0 Å². The van der Waals surface area contributed by atoms with Gasteiger partial charge in [-0.3, -0.25) is 4.79 Å². The van der Waals surface area contributed by atoms with Gasteiger partial charge in [0.1, 0.15) is 18.5 Å². The van der Waals surface area contributed by atoms with Crippen LogP contribution in [0.5, 0.6) is 0 Å². The third-order valence-corrected chi connectivity index (χ3v) is 2.45. The number of benzene rings is 1. The van der Waals surface area contributed by atoms with Crippen LogP contribution in [0.1, 0.15) is 12.5 Å². The first-order chi connectivity index (χ1) is 9.04. The lowest BCUT2D eigenvalue weighted by molar-refractivity contribution is -0.142. The SMILES string of the molecule is CCOCC(=O)N[C@H](Cc1ccccc1F)C(=O)O. The van der Waals surface area contributed by atoms with Gasteiger partial charge in [0.05, 0.1) is 0 Å². The van der Waals surface area contributed by atoms with Gasteiger partial charge in [0.2, 0.25) is 5.91 Å². The van der Waals surface area contributed by atoms with Gasteiger partial charge < -0.3 is 15.2 Å². The Kier molecular flexibility index (Phi) is 5.95. The number of hydrogen-bond donors (Lipinski definition) is 2. The van der Waals surface area contributed by atoms with E-state index in [1.807, 2.05) is 0 Å². The second-order valence-corrected chi connectivity index (χ2v) is 3.89. The molecule has 104 valence electrons. The number of carbonyl (C=O) groups is 2. The maximum absolute atomic E-state index is 13.4. The van der Waals surface area contributed by atoms with Gasteiger partial charge >= 0.3 is 5.97 Å². The van der Waals surface area contributed by atoms with Gasteiger partial charge in [-0.1, -0.05) is 18.2 Å². The summed E-state index contributed by atoms with van der Waals surface area (Å²) in [5.41, 5.74) is 0.242. The largest absolute Gasteiger partial charge is 0.480 e. The zero-order valence-corrected chi connectivity index (χ0v) is 10.6. The molecule has 1 aromatic carbocycles. The van der Waals surface area contributed by atoms with E-state index < -0.39 is 23.7 Å². The zero-order chi connectivity index (χ0) is 14.3. The van der Waals surface area contributed by atoms with Crippen LogP contribution < -0.4 is 5.32 Å². The van der Waals surface area contributed by atoms with Gasteiger partial charge in [-0.25, -0.2) is 9.18 Å². The summed E-state index contributed by atoms with van der Waals surface area (Å²) in [4.78, 5) is 22.4. The Morgan fingerprint density at radius 1 is 1.42 bits per heavy atom. The molecule has 6 heteroatoms.